The Labute approximate surface area is 152 Å². The van der Waals surface area contributed by atoms with E-state index in [1.807, 2.05) is 50.2 Å². The van der Waals surface area contributed by atoms with Gasteiger partial charge in [-0.3, -0.25) is 14.5 Å². The molecular weight excluding hydrogens is 330 g/mol. The van der Waals surface area contributed by atoms with Crippen molar-refractivity contribution in [2.75, 3.05) is 11.9 Å². The van der Waals surface area contributed by atoms with Gasteiger partial charge < -0.3 is 10.6 Å². The van der Waals surface area contributed by atoms with Crippen molar-refractivity contribution < 1.29 is 14.4 Å². The van der Waals surface area contributed by atoms with Crippen LogP contribution in [-0.4, -0.2) is 29.3 Å². The number of benzene rings is 2. The Morgan fingerprint density at radius 2 is 1.73 bits per heavy atom. The zero-order valence-corrected chi connectivity index (χ0v) is 14.8. The van der Waals surface area contributed by atoms with Crippen molar-refractivity contribution in [3.63, 3.8) is 0 Å². The van der Waals surface area contributed by atoms with Gasteiger partial charge >= 0.3 is 6.03 Å². The molecule has 2 aromatic rings. The first kappa shape index (κ1) is 17.7. The Morgan fingerprint density at radius 3 is 2.38 bits per heavy atom. The molecular formula is C20H21N3O3. The van der Waals surface area contributed by atoms with Gasteiger partial charge in [-0.25, -0.2) is 4.79 Å². The summed E-state index contributed by atoms with van der Waals surface area (Å²) in [6, 6.07) is 15.9. The first-order valence-electron chi connectivity index (χ1n) is 8.53. The van der Waals surface area contributed by atoms with Crippen LogP contribution in [0.3, 0.4) is 0 Å². The zero-order chi connectivity index (χ0) is 18.7. The van der Waals surface area contributed by atoms with Crippen LogP contribution in [0.4, 0.5) is 10.5 Å². The van der Waals surface area contributed by atoms with Crippen molar-refractivity contribution >= 4 is 23.5 Å². The van der Waals surface area contributed by atoms with Crippen LogP contribution in [0, 0.1) is 6.92 Å². The summed E-state index contributed by atoms with van der Waals surface area (Å²) in [7, 11) is 0. The predicted octanol–water partition coefficient (Wildman–Crippen LogP) is 2.79. The van der Waals surface area contributed by atoms with Gasteiger partial charge in [0, 0.05) is 5.69 Å². The molecule has 1 atom stereocenters. The van der Waals surface area contributed by atoms with Gasteiger partial charge in [-0.1, -0.05) is 55.5 Å². The van der Waals surface area contributed by atoms with E-state index in [9.17, 15) is 14.4 Å². The van der Waals surface area contributed by atoms with E-state index in [1.54, 1.807) is 18.2 Å². The standard InChI is InChI=1S/C20H21N3O3/c1-3-20(15-10-5-4-6-11-15)18(25)23(19(26)22-20)13-17(24)21-16-12-8-7-9-14(16)2/h4-12H,3,13H2,1-2H3,(H,21,24)(H,22,26). The second-order valence-electron chi connectivity index (χ2n) is 6.31. The molecule has 1 aliphatic heterocycles. The van der Waals surface area contributed by atoms with Crippen molar-refractivity contribution in [3.8, 4) is 0 Å². The quantitative estimate of drug-likeness (QED) is 0.813. The number of hydrogen-bond donors (Lipinski definition) is 2. The number of anilines is 1. The summed E-state index contributed by atoms with van der Waals surface area (Å²) in [5, 5.41) is 5.52. The summed E-state index contributed by atoms with van der Waals surface area (Å²) in [5.41, 5.74) is 1.16. The highest BCUT2D eigenvalue weighted by atomic mass is 16.2. The van der Waals surface area contributed by atoms with E-state index in [1.165, 1.54) is 0 Å². The third-order valence-electron chi connectivity index (χ3n) is 4.69. The Morgan fingerprint density at radius 1 is 1.08 bits per heavy atom. The second-order valence-corrected chi connectivity index (χ2v) is 6.31. The number of aryl methyl sites for hydroxylation is 1. The van der Waals surface area contributed by atoms with Crippen molar-refractivity contribution in [2.24, 2.45) is 0 Å². The summed E-state index contributed by atoms with van der Waals surface area (Å²) in [4.78, 5) is 38.7. The summed E-state index contributed by atoms with van der Waals surface area (Å²) in [5.74, 6) is -0.820. The van der Waals surface area contributed by atoms with E-state index in [4.69, 9.17) is 0 Å². The van der Waals surface area contributed by atoms with Crippen molar-refractivity contribution in [1.29, 1.82) is 0 Å². The molecule has 3 rings (SSSR count). The molecule has 0 aromatic heterocycles. The highest BCUT2D eigenvalue weighted by Crippen LogP contribution is 2.32. The summed E-state index contributed by atoms with van der Waals surface area (Å²) in [6.07, 6.45) is 0.400. The smallest absolute Gasteiger partial charge is 0.324 e. The molecule has 1 aliphatic rings. The molecule has 2 N–H and O–H groups in total. The molecule has 2 aromatic carbocycles. The topological polar surface area (TPSA) is 78.5 Å². The lowest BCUT2D eigenvalue weighted by atomic mass is 9.87. The molecule has 0 saturated carbocycles. The van der Waals surface area contributed by atoms with Gasteiger partial charge in [0.05, 0.1) is 0 Å². The number of para-hydroxylation sites is 1. The fourth-order valence-corrected chi connectivity index (χ4v) is 3.18. The average Bonchev–Trinajstić information content (AvgIpc) is 2.89. The molecule has 0 bridgehead atoms. The molecule has 134 valence electrons. The minimum absolute atomic E-state index is 0.326. The molecule has 1 fully saturated rings. The number of nitrogens with zero attached hydrogens (tertiary/aromatic N) is 1. The van der Waals surface area contributed by atoms with Crippen LogP contribution in [0.1, 0.15) is 24.5 Å². The lowest BCUT2D eigenvalue weighted by molar-refractivity contribution is -0.134. The highest BCUT2D eigenvalue weighted by Gasteiger charge is 2.51. The third-order valence-corrected chi connectivity index (χ3v) is 4.69. The Kier molecular flexibility index (Phi) is 4.75. The number of nitrogens with one attached hydrogen (secondary N) is 2. The Hall–Kier alpha value is -3.15. The molecule has 0 aliphatic carbocycles. The van der Waals surface area contributed by atoms with E-state index < -0.39 is 23.4 Å². The van der Waals surface area contributed by atoms with Gasteiger partial charge in [0.25, 0.3) is 5.91 Å². The summed E-state index contributed by atoms with van der Waals surface area (Å²) >= 11 is 0. The van der Waals surface area contributed by atoms with Crippen LogP contribution in [0.5, 0.6) is 0 Å². The Balaban J connectivity index is 1.79. The summed E-state index contributed by atoms with van der Waals surface area (Å²) in [6.45, 7) is 3.39. The van der Waals surface area contributed by atoms with E-state index in [0.29, 0.717) is 17.7 Å². The number of rotatable bonds is 5. The van der Waals surface area contributed by atoms with Gasteiger partial charge in [0.2, 0.25) is 5.91 Å². The monoisotopic (exact) mass is 351 g/mol. The van der Waals surface area contributed by atoms with Crippen molar-refractivity contribution in [2.45, 2.75) is 25.8 Å². The van der Waals surface area contributed by atoms with Crippen LogP contribution in [0.25, 0.3) is 0 Å². The first-order valence-corrected chi connectivity index (χ1v) is 8.53. The summed E-state index contributed by atoms with van der Waals surface area (Å²) < 4.78 is 0. The molecule has 0 spiro atoms. The lowest BCUT2D eigenvalue weighted by Crippen LogP contribution is -2.44. The largest absolute Gasteiger partial charge is 0.325 e. The molecule has 1 heterocycles. The van der Waals surface area contributed by atoms with E-state index in [-0.39, 0.29) is 6.54 Å². The first-order chi connectivity index (χ1) is 12.5. The SMILES string of the molecule is CCC1(c2ccccc2)NC(=O)N(CC(=O)Nc2ccccc2C)C1=O. The van der Waals surface area contributed by atoms with Crippen LogP contribution >= 0.6 is 0 Å². The number of urea groups is 1. The molecule has 6 heteroatoms. The molecule has 0 radical (unpaired) electrons. The second kappa shape index (κ2) is 7.00. The van der Waals surface area contributed by atoms with Gasteiger partial charge in [-0.15, -0.1) is 0 Å². The molecule has 4 amide bonds. The van der Waals surface area contributed by atoms with Gasteiger partial charge in [0.1, 0.15) is 12.1 Å². The fourth-order valence-electron chi connectivity index (χ4n) is 3.18. The Bertz CT molecular complexity index is 850. The predicted molar refractivity (Wildman–Crippen MR) is 98.5 cm³/mol. The van der Waals surface area contributed by atoms with Crippen LogP contribution in [0.15, 0.2) is 54.6 Å². The van der Waals surface area contributed by atoms with E-state index in [2.05, 4.69) is 10.6 Å². The van der Waals surface area contributed by atoms with Gasteiger partial charge in [0.15, 0.2) is 0 Å². The maximum absolute atomic E-state index is 13.0. The number of carbonyl (C=O) groups excluding carboxylic acids is 3. The van der Waals surface area contributed by atoms with Crippen LogP contribution in [-0.2, 0) is 15.1 Å². The molecule has 6 nitrogen and oxygen atoms in total. The third kappa shape index (κ3) is 3.06. The number of carbonyl (C=O) groups is 3. The van der Waals surface area contributed by atoms with E-state index in [0.717, 1.165) is 10.5 Å². The number of hydrogen-bond acceptors (Lipinski definition) is 3. The minimum atomic E-state index is -1.12. The van der Waals surface area contributed by atoms with Crippen molar-refractivity contribution in [1.82, 2.24) is 10.2 Å². The maximum atomic E-state index is 13.0. The number of imide groups is 1. The van der Waals surface area contributed by atoms with Gasteiger partial charge in [-0.05, 0) is 30.5 Å². The maximum Gasteiger partial charge on any atom is 0.325 e. The number of amides is 4. The molecule has 26 heavy (non-hydrogen) atoms. The van der Waals surface area contributed by atoms with Crippen LogP contribution in [0.2, 0.25) is 0 Å². The van der Waals surface area contributed by atoms with Gasteiger partial charge in [-0.2, -0.15) is 0 Å². The molecule has 1 unspecified atom stereocenters. The zero-order valence-electron chi connectivity index (χ0n) is 14.8. The highest BCUT2D eigenvalue weighted by molar-refractivity contribution is 6.10. The van der Waals surface area contributed by atoms with Crippen molar-refractivity contribution in [3.05, 3.63) is 65.7 Å². The lowest BCUT2D eigenvalue weighted by Gasteiger charge is -2.25. The normalized spacial score (nSPS) is 19.4. The van der Waals surface area contributed by atoms with Crippen LogP contribution < -0.4 is 10.6 Å². The molecule has 1 saturated heterocycles. The minimum Gasteiger partial charge on any atom is -0.324 e. The average molecular weight is 351 g/mol. The fraction of sp³-hybridized carbons (Fsp3) is 0.250. The van der Waals surface area contributed by atoms with E-state index >= 15 is 0 Å².